The van der Waals surface area contributed by atoms with E-state index in [1.54, 1.807) is 6.07 Å². The van der Waals surface area contributed by atoms with Gasteiger partial charge < -0.3 is 14.6 Å². The average molecular weight is 445 g/mol. The molecule has 1 saturated heterocycles. The maximum Gasteiger partial charge on any atom is 0.416 e. The number of halogens is 3. The van der Waals surface area contributed by atoms with Crippen molar-refractivity contribution in [2.75, 3.05) is 23.3 Å². The lowest BCUT2D eigenvalue weighted by atomic mass is 10.1. The van der Waals surface area contributed by atoms with Gasteiger partial charge in [0.1, 0.15) is 5.76 Å². The standard InChI is InChI=1S/C22H18F3N3O4/c23-22(24,25)14-7-8-18(27-11-3-4-12-27)16(13-14)26-21(29)20-10-9-19(32-20)15-5-1-2-6-17(15)28(30)31/h1-2,5-10,13H,3-4,11-12H2,(H,26,29). The summed E-state index contributed by atoms with van der Waals surface area (Å²) in [5.41, 5.74) is -0.364. The van der Waals surface area contributed by atoms with Crippen LogP contribution in [0.5, 0.6) is 0 Å². The summed E-state index contributed by atoms with van der Waals surface area (Å²) in [4.78, 5) is 25.4. The van der Waals surface area contributed by atoms with Crippen LogP contribution in [0.2, 0.25) is 0 Å². The lowest BCUT2D eigenvalue weighted by molar-refractivity contribution is -0.384. The molecule has 0 saturated carbocycles. The Morgan fingerprint density at radius 1 is 1.06 bits per heavy atom. The van der Waals surface area contributed by atoms with Gasteiger partial charge in [-0.05, 0) is 49.2 Å². The number of carbonyl (C=O) groups excluding carboxylic acids is 1. The Hall–Kier alpha value is -3.82. The molecule has 0 unspecified atom stereocenters. The van der Waals surface area contributed by atoms with Gasteiger partial charge in [0.25, 0.3) is 11.6 Å². The third kappa shape index (κ3) is 4.29. The molecule has 3 aromatic rings. The third-order valence-corrected chi connectivity index (χ3v) is 5.21. The van der Waals surface area contributed by atoms with Crippen molar-refractivity contribution in [2.45, 2.75) is 19.0 Å². The van der Waals surface area contributed by atoms with E-state index in [9.17, 15) is 28.1 Å². The van der Waals surface area contributed by atoms with Crippen molar-refractivity contribution in [3.8, 4) is 11.3 Å². The minimum atomic E-state index is -4.56. The molecule has 0 bridgehead atoms. The summed E-state index contributed by atoms with van der Waals surface area (Å²) >= 11 is 0. The summed E-state index contributed by atoms with van der Waals surface area (Å²) in [5.74, 6) is -0.830. The predicted molar refractivity (Wildman–Crippen MR) is 112 cm³/mol. The largest absolute Gasteiger partial charge is 0.451 e. The van der Waals surface area contributed by atoms with E-state index in [2.05, 4.69) is 5.32 Å². The number of amides is 1. The van der Waals surface area contributed by atoms with Gasteiger partial charge in [-0.3, -0.25) is 14.9 Å². The topological polar surface area (TPSA) is 88.6 Å². The van der Waals surface area contributed by atoms with E-state index < -0.39 is 22.6 Å². The number of rotatable bonds is 5. The molecule has 0 aliphatic carbocycles. The zero-order chi connectivity index (χ0) is 22.9. The Morgan fingerprint density at radius 3 is 2.47 bits per heavy atom. The van der Waals surface area contributed by atoms with Crippen LogP contribution < -0.4 is 10.2 Å². The van der Waals surface area contributed by atoms with Crippen LogP contribution in [0.3, 0.4) is 0 Å². The fourth-order valence-corrected chi connectivity index (χ4v) is 3.68. The first-order valence-corrected chi connectivity index (χ1v) is 9.85. The van der Waals surface area contributed by atoms with E-state index in [-0.39, 0.29) is 28.5 Å². The molecule has 0 atom stereocenters. The van der Waals surface area contributed by atoms with Crippen LogP contribution in [-0.4, -0.2) is 23.9 Å². The molecule has 1 aliphatic heterocycles. The summed E-state index contributed by atoms with van der Waals surface area (Å²) in [5, 5.41) is 13.8. The Labute approximate surface area is 180 Å². The van der Waals surface area contributed by atoms with E-state index in [0.717, 1.165) is 25.0 Å². The van der Waals surface area contributed by atoms with Gasteiger partial charge in [0.2, 0.25) is 0 Å². The number of carbonyl (C=O) groups is 1. The first-order valence-electron chi connectivity index (χ1n) is 9.85. The minimum absolute atomic E-state index is 0.0235. The van der Waals surface area contributed by atoms with Gasteiger partial charge in [-0.25, -0.2) is 0 Å². The monoisotopic (exact) mass is 445 g/mol. The molecule has 2 aromatic carbocycles. The highest BCUT2D eigenvalue weighted by molar-refractivity contribution is 6.04. The normalized spacial score (nSPS) is 13.9. The molecule has 2 heterocycles. The number of alkyl halides is 3. The molecule has 7 nitrogen and oxygen atoms in total. The first kappa shape index (κ1) is 21.4. The van der Waals surface area contributed by atoms with Crippen LogP contribution >= 0.6 is 0 Å². The van der Waals surface area contributed by atoms with E-state index in [4.69, 9.17) is 4.42 Å². The molecule has 166 valence electrons. The zero-order valence-electron chi connectivity index (χ0n) is 16.7. The second kappa shape index (κ2) is 8.37. The van der Waals surface area contributed by atoms with Gasteiger partial charge in [-0.2, -0.15) is 13.2 Å². The maximum atomic E-state index is 13.2. The Balaban J connectivity index is 1.64. The Bertz CT molecular complexity index is 1170. The smallest absolute Gasteiger partial charge is 0.416 e. The van der Waals surface area contributed by atoms with Gasteiger partial charge in [0.05, 0.1) is 27.4 Å². The van der Waals surface area contributed by atoms with Crippen LogP contribution in [0.15, 0.2) is 59.0 Å². The van der Waals surface area contributed by atoms with Crippen molar-refractivity contribution >= 4 is 23.0 Å². The molecule has 1 fully saturated rings. The van der Waals surface area contributed by atoms with E-state index in [0.29, 0.717) is 18.8 Å². The minimum Gasteiger partial charge on any atom is -0.451 e. The highest BCUT2D eigenvalue weighted by Crippen LogP contribution is 2.37. The van der Waals surface area contributed by atoms with Crippen molar-refractivity contribution < 1.29 is 27.3 Å². The molecule has 0 radical (unpaired) electrons. The molecular weight excluding hydrogens is 427 g/mol. The molecule has 32 heavy (non-hydrogen) atoms. The van der Waals surface area contributed by atoms with Gasteiger partial charge >= 0.3 is 6.18 Å². The number of hydrogen-bond donors (Lipinski definition) is 1. The van der Waals surface area contributed by atoms with E-state index in [1.807, 2.05) is 4.90 Å². The second-order valence-corrected chi connectivity index (χ2v) is 7.32. The lowest BCUT2D eigenvalue weighted by Gasteiger charge is -2.22. The maximum absolute atomic E-state index is 13.2. The van der Waals surface area contributed by atoms with Crippen molar-refractivity contribution in [3.63, 3.8) is 0 Å². The molecule has 1 N–H and O–H groups in total. The number of hydrogen-bond acceptors (Lipinski definition) is 5. The zero-order valence-corrected chi connectivity index (χ0v) is 16.7. The summed E-state index contributed by atoms with van der Waals surface area (Å²) in [6.45, 7) is 1.35. The number of nitrogens with zero attached hydrogens (tertiary/aromatic N) is 2. The van der Waals surface area contributed by atoms with E-state index >= 15 is 0 Å². The predicted octanol–water partition coefficient (Wildman–Crippen LogP) is 5.73. The number of nitro groups is 1. The SMILES string of the molecule is O=C(Nc1cc(C(F)(F)F)ccc1N1CCCC1)c1ccc(-c2ccccc2[N+](=O)[O-])o1. The molecule has 1 aliphatic rings. The van der Waals surface area contributed by atoms with Gasteiger partial charge in [-0.1, -0.05) is 12.1 Å². The van der Waals surface area contributed by atoms with Crippen molar-refractivity contribution in [3.05, 3.63) is 76.0 Å². The van der Waals surface area contributed by atoms with E-state index in [1.165, 1.54) is 36.4 Å². The van der Waals surface area contributed by atoms with Crippen molar-refractivity contribution in [1.29, 1.82) is 0 Å². The molecular formula is C22H18F3N3O4. The van der Waals surface area contributed by atoms with Gasteiger partial charge in [0, 0.05) is 19.2 Å². The van der Waals surface area contributed by atoms with Gasteiger partial charge in [0.15, 0.2) is 5.76 Å². The third-order valence-electron chi connectivity index (χ3n) is 5.21. The fraction of sp³-hybridized carbons (Fsp3) is 0.227. The second-order valence-electron chi connectivity index (χ2n) is 7.32. The number of nitrogens with one attached hydrogen (secondary N) is 1. The molecule has 4 rings (SSSR count). The van der Waals surface area contributed by atoms with Crippen molar-refractivity contribution in [2.24, 2.45) is 0 Å². The molecule has 10 heteroatoms. The summed E-state index contributed by atoms with van der Waals surface area (Å²) in [6, 6.07) is 11.9. The van der Waals surface area contributed by atoms with Crippen LogP contribution in [-0.2, 0) is 6.18 Å². The number of furan rings is 1. The van der Waals surface area contributed by atoms with Crippen molar-refractivity contribution in [1.82, 2.24) is 0 Å². The number of para-hydroxylation sites is 1. The number of benzene rings is 2. The summed E-state index contributed by atoms with van der Waals surface area (Å²) in [6.07, 6.45) is -2.75. The molecule has 1 aromatic heterocycles. The Kier molecular flexibility index (Phi) is 5.60. The van der Waals surface area contributed by atoms with Crippen LogP contribution in [0.25, 0.3) is 11.3 Å². The first-order chi connectivity index (χ1) is 15.2. The average Bonchev–Trinajstić information content (AvgIpc) is 3.45. The van der Waals surface area contributed by atoms with Crippen LogP contribution in [0.4, 0.5) is 30.2 Å². The van der Waals surface area contributed by atoms with Crippen LogP contribution in [0.1, 0.15) is 29.0 Å². The van der Waals surface area contributed by atoms with Gasteiger partial charge in [-0.15, -0.1) is 0 Å². The fourth-order valence-electron chi connectivity index (χ4n) is 3.68. The highest BCUT2D eigenvalue weighted by Gasteiger charge is 2.32. The molecule has 1 amide bonds. The number of nitro benzene ring substituents is 1. The lowest BCUT2D eigenvalue weighted by Crippen LogP contribution is -2.21. The quantitative estimate of drug-likeness (QED) is 0.400. The highest BCUT2D eigenvalue weighted by atomic mass is 19.4. The summed E-state index contributed by atoms with van der Waals surface area (Å²) in [7, 11) is 0. The van der Waals surface area contributed by atoms with Crippen LogP contribution in [0, 0.1) is 10.1 Å². The number of anilines is 2. The Morgan fingerprint density at radius 2 is 1.78 bits per heavy atom. The molecule has 0 spiro atoms. The summed E-state index contributed by atoms with van der Waals surface area (Å²) < 4.78 is 45.2.